The Morgan fingerprint density at radius 1 is 1.50 bits per heavy atom. The van der Waals surface area contributed by atoms with Crippen LogP contribution in [-0.2, 0) is 0 Å². The number of rotatable bonds is 3. The van der Waals surface area contributed by atoms with Gasteiger partial charge in [0.25, 0.3) is 0 Å². The summed E-state index contributed by atoms with van der Waals surface area (Å²) < 4.78 is 5.32. The molecule has 0 bridgehead atoms. The Morgan fingerprint density at radius 3 is 2.78 bits per heavy atom. The number of urea groups is 1. The lowest BCUT2D eigenvalue weighted by Crippen LogP contribution is -2.33. The van der Waals surface area contributed by atoms with E-state index in [1.54, 1.807) is 18.1 Å². The first-order chi connectivity index (χ1) is 8.52. The molecule has 1 aliphatic heterocycles. The SMILES string of the molecule is COc1ccc(Cl)cc1C1CN(C(C)C)C(=O)N1. The van der Waals surface area contributed by atoms with Crippen LogP contribution >= 0.6 is 11.6 Å². The van der Waals surface area contributed by atoms with Gasteiger partial charge in [-0.3, -0.25) is 0 Å². The molecule has 0 aromatic heterocycles. The summed E-state index contributed by atoms with van der Waals surface area (Å²) in [6.45, 7) is 4.63. The van der Waals surface area contributed by atoms with Crippen LogP contribution in [0.1, 0.15) is 25.5 Å². The van der Waals surface area contributed by atoms with Gasteiger partial charge in [0.2, 0.25) is 0 Å². The summed E-state index contributed by atoms with van der Waals surface area (Å²) in [6.07, 6.45) is 0. The predicted octanol–water partition coefficient (Wildman–Crippen LogP) is 2.82. The Bertz CT molecular complexity index is 462. The van der Waals surface area contributed by atoms with Gasteiger partial charge in [0, 0.05) is 23.2 Å². The van der Waals surface area contributed by atoms with E-state index in [4.69, 9.17) is 16.3 Å². The van der Waals surface area contributed by atoms with Gasteiger partial charge in [-0.15, -0.1) is 0 Å². The summed E-state index contributed by atoms with van der Waals surface area (Å²) in [5.41, 5.74) is 0.918. The van der Waals surface area contributed by atoms with Gasteiger partial charge < -0.3 is 15.0 Å². The van der Waals surface area contributed by atoms with Gasteiger partial charge in [-0.1, -0.05) is 11.6 Å². The number of hydrogen-bond donors (Lipinski definition) is 1. The van der Waals surface area contributed by atoms with Gasteiger partial charge in [0.05, 0.1) is 13.2 Å². The molecule has 5 heteroatoms. The smallest absolute Gasteiger partial charge is 0.318 e. The highest BCUT2D eigenvalue weighted by atomic mass is 35.5. The van der Waals surface area contributed by atoms with Crippen LogP contribution in [0, 0.1) is 0 Å². The van der Waals surface area contributed by atoms with Gasteiger partial charge in [-0.25, -0.2) is 4.79 Å². The Hall–Kier alpha value is -1.42. The van der Waals surface area contributed by atoms with Crippen molar-refractivity contribution in [3.8, 4) is 5.75 Å². The van der Waals surface area contributed by atoms with E-state index in [0.29, 0.717) is 11.6 Å². The Morgan fingerprint density at radius 2 is 2.22 bits per heavy atom. The Balaban J connectivity index is 2.28. The molecule has 2 amide bonds. The predicted molar refractivity (Wildman–Crippen MR) is 71.1 cm³/mol. The molecule has 0 radical (unpaired) electrons. The lowest BCUT2D eigenvalue weighted by atomic mass is 10.1. The zero-order valence-electron chi connectivity index (χ0n) is 10.7. The first-order valence-electron chi connectivity index (χ1n) is 5.93. The van der Waals surface area contributed by atoms with E-state index in [1.165, 1.54) is 0 Å². The highest BCUT2D eigenvalue weighted by Gasteiger charge is 2.32. The molecule has 1 aromatic rings. The summed E-state index contributed by atoms with van der Waals surface area (Å²) in [5, 5.41) is 3.59. The van der Waals surface area contributed by atoms with Gasteiger partial charge in [-0.05, 0) is 32.0 Å². The fourth-order valence-electron chi connectivity index (χ4n) is 2.16. The number of carbonyl (C=O) groups excluding carboxylic acids is 1. The molecular weight excluding hydrogens is 252 g/mol. The van der Waals surface area contributed by atoms with Crippen molar-refractivity contribution in [3.63, 3.8) is 0 Å². The zero-order valence-corrected chi connectivity index (χ0v) is 11.5. The lowest BCUT2D eigenvalue weighted by Gasteiger charge is -2.19. The minimum absolute atomic E-state index is 0.0444. The second-order valence-electron chi connectivity index (χ2n) is 4.63. The summed E-state index contributed by atoms with van der Waals surface area (Å²) in [7, 11) is 1.61. The molecule has 2 rings (SSSR count). The average molecular weight is 269 g/mol. The lowest BCUT2D eigenvalue weighted by molar-refractivity contribution is 0.206. The number of nitrogens with zero attached hydrogens (tertiary/aromatic N) is 1. The summed E-state index contributed by atoms with van der Waals surface area (Å²) in [6, 6.07) is 5.50. The number of halogens is 1. The van der Waals surface area contributed by atoms with E-state index in [0.717, 1.165) is 11.3 Å². The maximum absolute atomic E-state index is 11.8. The number of benzene rings is 1. The van der Waals surface area contributed by atoms with Crippen LogP contribution in [-0.4, -0.2) is 30.6 Å². The second kappa shape index (κ2) is 5.06. The molecule has 0 saturated carbocycles. The Kier molecular flexibility index (Phi) is 3.66. The van der Waals surface area contributed by atoms with Crippen molar-refractivity contribution in [1.29, 1.82) is 0 Å². The topological polar surface area (TPSA) is 41.6 Å². The highest BCUT2D eigenvalue weighted by Crippen LogP contribution is 2.31. The van der Waals surface area contributed by atoms with Crippen molar-refractivity contribution < 1.29 is 9.53 Å². The molecular formula is C13H17ClN2O2. The van der Waals surface area contributed by atoms with Crippen molar-refractivity contribution in [2.75, 3.05) is 13.7 Å². The molecule has 1 fully saturated rings. The van der Waals surface area contributed by atoms with Gasteiger partial charge in [0.15, 0.2) is 0 Å². The van der Waals surface area contributed by atoms with Crippen molar-refractivity contribution in [3.05, 3.63) is 28.8 Å². The van der Waals surface area contributed by atoms with E-state index in [2.05, 4.69) is 5.32 Å². The fraction of sp³-hybridized carbons (Fsp3) is 0.462. The van der Waals surface area contributed by atoms with E-state index in [-0.39, 0.29) is 18.1 Å². The molecule has 1 unspecified atom stereocenters. The first kappa shape index (κ1) is 13.0. The average Bonchev–Trinajstić information content (AvgIpc) is 2.71. The molecule has 4 nitrogen and oxygen atoms in total. The van der Waals surface area contributed by atoms with Crippen LogP contribution in [0.25, 0.3) is 0 Å². The number of amides is 2. The van der Waals surface area contributed by atoms with Gasteiger partial charge >= 0.3 is 6.03 Å². The molecule has 1 saturated heterocycles. The van der Waals surface area contributed by atoms with Crippen LogP contribution in [0.15, 0.2) is 18.2 Å². The second-order valence-corrected chi connectivity index (χ2v) is 5.07. The van der Waals surface area contributed by atoms with Crippen LogP contribution in [0.2, 0.25) is 5.02 Å². The van der Waals surface area contributed by atoms with Crippen molar-refractivity contribution >= 4 is 17.6 Å². The molecule has 0 aliphatic carbocycles. The largest absolute Gasteiger partial charge is 0.496 e. The minimum Gasteiger partial charge on any atom is -0.496 e. The molecule has 1 aliphatic rings. The van der Waals surface area contributed by atoms with Crippen LogP contribution < -0.4 is 10.1 Å². The van der Waals surface area contributed by atoms with E-state index < -0.39 is 0 Å². The summed E-state index contributed by atoms with van der Waals surface area (Å²) >= 11 is 6.01. The third kappa shape index (κ3) is 2.38. The molecule has 1 aromatic carbocycles. The summed E-state index contributed by atoms with van der Waals surface area (Å²) in [5.74, 6) is 0.746. The van der Waals surface area contributed by atoms with Crippen molar-refractivity contribution in [2.24, 2.45) is 0 Å². The van der Waals surface area contributed by atoms with Gasteiger partial charge in [0.1, 0.15) is 5.75 Å². The molecule has 1 heterocycles. The van der Waals surface area contributed by atoms with E-state index in [1.807, 2.05) is 26.0 Å². The number of hydrogen-bond acceptors (Lipinski definition) is 2. The monoisotopic (exact) mass is 268 g/mol. The highest BCUT2D eigenvalue weighted by molar-refractivity contribution is 6.30. The van der Waals surface area contributed by atoms with Crippen LogP contribution in [0.5, 0.6) is 5.75 Å². The quantitative estimate of drug-likeness (QED) is 0.916. The number of methoxy groups -OCH3 is 1. The third-order valence-corrected chi connectivity index (χ3v) is 3.36. The maximum Gasteiger partial charge on any atom is 0.318 e. The molecule has 98 valence electrons. The number of nitrogens with one attached hydrogen (secondary N) is 1. The fourth-order valence-corrected chi connectivity index (χ4v) is 2.34. The molecule has 1 N–H and O–H groups in total. The number of ether oxygens (including phenoxy) is 1. The normalized spacial score (nSPS) is 19.3. The van der Waals surface area contributed by atoms with E-state index in [9.17, 15) is 4.79 Å². The Labute approximate surface area is 112 Å². The van der Waals surface area contributed by atoms with Crippen LogP contribution in [0.4, 0.5) is 4.79 Å². The molecule has 0 spiro atoms. The third-order valence-electron chi connectivity index (χ3n) is 3.13. The van der Waals surface area contributed by atoms with Crippen molar-refractivity contribution in [2.45, 2.75) is 25.9 Å². The van der Waals surface area contributed by atoms with E-state index >= 15 is 0 Å². The van der Waals surface area contributed by atoms with Crippen molar-refractivity contribution in [1.82, 2.24) is 10.2 Å². The summed E-state index contributed by atoms with van der Waals surface area (Å²) in [4.78, 5) is 13.6. The maximum atomic E-state index is 11.8. The standard InChI is InChI=1S/C13H17ClN2O2/c1-8(2)16-7-11(15-13(16)17)10-6-9(14)4-5-12(10)18-3/h4-6,8,11H,7H2,1-3H3,(H,15,17). The number of carbonyl (C=O) groups is 1. The minimum atomic E-state index is -0.0754. The van der Waals surface area contributed by atoms with Crippen LogP contribution in [0.3, 0.4) is 0 Å². The molecule has 18 heavy (non-hydrogen) atoms. The first-order valence-corrected chi connectivity index (χ1v) is 6.31. The zero-order chi connectivity index (χ0) is 13.3. The molecule has 1 atom stereocenters. The van der Waals surface area contributed by atoms with Gasteiger partial charge in [-0.2, -0.15) is 0 Å².